The Bertz CT molecular complexity index is 998. The molecule has 0 aliphatic carbocycles. The third-order valence-electron chi connectivity index (χ3n) is 3.92. The van der Waals surface area contributed by atoms with Gasteiger partial charge in [0.15, 0.2) is 5.13 Å². The van der Waals surface area contributed by atoms with Crippen LogP contribution < -0.4 is 4.90 Å². The quantitative estimate of drug-likeness (QED) is 0.555. The Hall–Kier alpha value is -2.65. The Morgan fingerprint density at radius 3 is 2.46 bits per heavy atom. The number of carbonyl (C=O) groups excluding carboxylic acids is 2. The topological polar surface area (TPSA) is 72.4 Å². The number of hydrogen-bond donors (Lipinski definition) is 0. The van der Waals surface area contributed by atoms with Crippen molar-refractivity contribution in [3.05, 3.63) is 62.3 Å². The highest BCUT2D eigenvalue weighted by atomic mass is 32.1. The van der Waals surface area contributed by atoms with E-state index in [2.05, 4.69) is 9.97 Å². The zero-order valence-electron chi connectivity index (χ0n) is 15.6. The second-order valence-electron chi connectivity index (χ2n) is 5.92. The van der Waals surface area contributed by atoms with Crippen molar-refractivity contribution in [1.82, 2.24) is 9.97 Å². The van der Waals surface area contributed by atoms with Crippen molar-refractivity contribution in [2.45, 2.75) is 27.3 Å². The lowest BCUT2D eigenvalue weighted by Gasteiger charge is -2.19. The average molecular weight is 420 g/mol. The van der Waals surface area contributed by atoms with E-state index in [1.807, 2.05) is 0 Å². The van der Waals surface area contributed by atoms with Crippen LogP contribution in [0.4, 0.5) is 9.52 Å². The average Bonchev–Trinajstić information content (AvgIpc) is 3.26. The van der Waals surface area contributed by atoms with Gasteiger partial charge in [-0.3, -0.25) is 9.69 Å². The largest absolute Gasteiger partial charge is 0.462 e. The van der Waals surface area contributed by atoms with Crippen LogP contribution in [0.1, 0.15) is 43.2 Å². The number of carbonyl (C=O) groups is 2. The molecule has 9 heteroatoms. The molecular formula is C19H18FN3O3S2. The van der Waals surface area contributed by atoms with Crippen molar-refractivity contribution in [3.63, 3.8) is 0 Å². The minimum Gasteiger partial charge on any atom is -0.462 e. The van der Waals surface area contributed by atoms with E-state index in [1.54, 1.807) is 38.4 Å². The first-order valence-electron chi connectivity index (χ1n) is 8.51. The maximum absolute atomic E-state index is 13.3. The summed E-state index contributed by atoms with van der Waals surface area (Å²) >= 11 is 2.34. The molecule has 0 spiro atoms. The van der Waals surface area contributed by atoms with Crippen LogP contribution in [0, 0.1) is 19.7 Å². The molecule has 0 atom stereocenters. The molecule has 1 amide bonds. The standard InChI is InChI=1S/C19H18FN3O3S2/c1-4-26-18(25)16-12(3)22-19(28-16)23(9-13-5-7-14(20)8-6-13)17(24)15-11(2)21-10-27-15/h5-8,10H,4,9H2,1-3H3. The lowest BCUT2D eigenvalue weighted by Crippen LogP contribution is -2.30. The molecule has 6 nitrogen and oxygen atoms in total. The normalized spacial score (nSPS) is 10.7. The number of aromatic nitrogens is 2. The number of amides is 1. The van der Waals surface area contributed by atoms with Gasteiger partial charge in [-0.15, -0.1) is 11.3 Å². The van der Waals surface area contributed by atoms with Gasteiger partial charge in [-0.05, 0) is 38.5 Å². The molecule has 0 saturated carbocycles. The molecule has 0 aliphatic heterocycles. The maximum atomic E-state index is 13.3. The smallest absolute Gasteiger partial charge is 0.350 e. The van der Waals surface area contributed by atoms with Gasteiger partial charge in [0.25, 0.3) is 5.91 Å². The molecule has 3 aromatic rings. The van der Waals surface area contributed by atoms with Gasteiger partial charge in [0.2, 0.25) is 0 Å². The molecule has 0 saturated heterocycles. The SMILES string of the molecule is CCOC(=O)c1sc(N(Cc2ccc(F)cc2)C(=O)c2scnc2C)nc1C. The van der Waals surface area contributed by atoms with E-state index in [4.69, 9.17) is 4.74 Å². The Morgan fingerprint density at radius 2 is 1.86 bits per heavy atom. The van der Waals surface area contributed by atoms with Crippen LogP contribution in [0.25, 0.3) is 0 Å². The molecule has 0 aliphatic rings. The third kappa shape index (κ3) is 4.26. The third-order valence-corrected chi connectivity index (χ3v) is 5.99. The van der Waals surface area contributed by atoms with Crippen LogP contribution in [-0.4, -0.2) is 28.5 Å². The number of hydrogen-bond acceptors (Lipinski definition) is 7. The highest BCUT2D eigenvalue weighted by Crippen LogP contribution is 2.30. The van der Waals surface area contributed by atoms with E-state index >= 15 is 0 Å². The summed E-state index contributed by atoms with van der Waals surface area (Å²) in [5.74, 6) is -1.09. The molecular weight excluding hydrogens is 401 g/mol. The number of thiazole rings is 2. The van der Waals surface area contributed by atoms with Gasteiger partial charge in [0.1, 0.15) is 15.6 Å². The van der Waals surface area contributed by atoms with E-state index < -0.39 is 5.97 Å². The molecule has 0 bridgehead atoms. The Balaban J connectivity index is 1.99. The summed E-state index contributed by atoms with van der Waals surface area (Å²) in [6.45, 7) is 5.63. The van der Waals surface area contributed by atoms with Crippen molar-refractivity contribution >= 4 is 39.7 Å². The zero-order valence-corrected chi connectivity index (χ0v) is 17.2. The maximum Gasteiger partial charge on any atom is 0.350 e. The molecule has 1 aromatic carbocycles. The van der Waals surface area contributed by atoms with Crippen molar-refractivity contribution in [3.8, 4) is 0 Å². The summed E-state index contributed by atoms with van der Waals surface area (Å²) in [5.41, 5.74) is 3.47. The minimum atomic E-state index is -0.466. The Morgan fingerprint density at radius 1 is 1.14 bits per heavy atom. The van der Waals surface area contributed by atoms with Gasteiger partial charge in [0.05, 0.1) is 30.1 Å². The fourth-order valence-corrected chi connectivity index (χ4v) is 4.22. The number of rotatable bonds is 6. The van der Waals surface area contributed by atoms with Crippen molar-refractivity contribution in [2.24, 2.45) is 0 Å². The van der Waals surface area contributed by atoms with Gasteiger partial charge in [0, 0.05) is 0 Å². The molecule has 2 heterocycles. The van der Waals surface area contributed by atoms with Crippen LogP contribution >= 0.6 is 22.7 Å². The molecule has 2 aromatic heterocycles. The summed E-state index contributed by atoms with van der Waals surface area (Å²) < 4.78 is 18.3. The number of benzene rings is 1. The molecule has 28 heavy (non-hydrogen) atoms. The molecule has 0 unspecified atom stereocenters. The fraction of sp³-hybridized carbons (Fsp3) is 0.263. The van der Waals surface area contributed by atoms with Gasteiger partial charge >= 0.3 is 5.97 Å². The summed E-state index contributed by atoms with van der Waals surface area (Å²) in [4.78, 5) is 36.2. The van der Waals surface area contributed by atoms with Crippen LogP contribution in [0.2, 0.25) is 0 Å². The monoisotopic (exact) mass is 419 g/mol. The fourth-order valence-electron chi connectivity index (χ4n) is 2.51. The number of halogens is 1. The van der Waals surface area contributed by atoms with Gasteiger partial charge in [-0.25, -0.2) is 19.2 Å². The van der Waals surface area contributed by atoms with Crippen LogP contribution in [0.5, 0.6) is 0 Å². The second kappa shape index (κ2) is 8.57. The lowest BCUT2D eigenvalue weighted by atomic mass is 10.2. The Kier molecular flexibility index (Phi) is 6.15. The highest BCUT2D eigenvalue weighted by molar-refractivity contribution is 7.18. The molecule has 0 fully saturated rings. The van der Waals surface area contributed by atoms with Gasteiger partial charge in [-0.2, -0.15) is 0 Å². The van der Waals surface area contributed by atoms with E-state index in [-0.39, 0.29) is 24.9 Å². The number of ether oxygens (including phenoxy) is 1. The molecule has 3 rings (SSSR count). The molecule has 0 radical (unpaired) electrons. The Labute approximate surface area is 169 Å². The van der Waals surface area contributed by atoms with Crippen LogP contribution in [0.15, 0.2) is 29.8 Å². The van der Waals surface area contributed by atoms with Crippen molar-refractivity contribution in [2.75, 3.05) is 11.5 Å². The summed E-state index contributed by atoms with van der Waals surface area (Å²) in [6, 6.07) is 5.91. The predicted molar refractivity (Wildman–Crippen MR) is 107 cm³/mol. The second-order valence-corrected chi connectivity index (χ2v) is 7.75. The van der Waals surface area contributed by atoms with Crippen LogP contribution in [0.3, 0.4) is 0 Å². The predicted octanol–water partition coefficient (Wildman–Crippen LogP) is 4.38. The first kappa shape index (κ1) is 20.1. The number of esters is 1. The minimum absolute atomic E-state index is 0.186. The lowest BCUT2D eigenvalue weighted by molar-refractivity contribution is 0.0531. The molecule has 0 N–H and O–H groups in total. The van der Waals surface area contributed by atoms with Crippen molar-refractivity contribution in [1.29, 1.82) is 0 Å². The summed E-state index contributed by atoms with van der Waals surface area (Å²) in [7, 11) is 0. The first-order chi connectivity index (χ1) is 13.4. The number of anilines is 1. The highest BCUT2D eigenvalue weighted by Gasteiger charge is 2.27. The number of aryl methyl sites for hydroxylation is 2. The van der Waals surface area contributed by atoms with Crippen molar-refractivity contribution < 1.29 is 18.7 Å². The summed E-state index contributed by atoms with van der Waals surface area (Å²) in [5, 5.41) is 0.377. The van der Waals surface area contributed by atoms with E-state index in [9.17, 15) is 14.0 Å². The zero-order chi connectivity index (χ0) is 20.3. The summed E-state index contributed by atoms with van der Waals surface area (Å²) in [6.07, 6.45) is 0. The van der Waals surface area contributed by atoms with E-state index in [0.717, 1.165) is 16.9 Å². The van der Waals surface area contributed by atoms with E-state index in [0.29, 0.717) is 26.3 Å². The van der Waals surface area contributed by atoms with Gasteiger partial charge < -0.3 is 4.74 Å². The van der Waals surface area contributed by atoms with Crippen LogP contribution in [-0.2, 0) is 11.3 Å². The van der Waals surface area contributed by atoms with Gasteiger partial charge in [-0.1, -0.05) is 23.5 Å². The number of nitrogens with zero attached hydrogens (tertiary/aromatic N) is 3. The first-order valence-corrected chi connectivity index (χ1v) is 10.2. The van der Waals surface area contributed by atoms with E-state index in [1.165, 1.54) is 28.4 Å². The molecule has 146 valence electrons.